The molecule has 0 aliphatic carbocycles. The van der Waals surface area contributed by atoms with Crippen LogP contribution in [0.5, 0.6) is 17.2 Å². The van der Waals surface area contributed by atoms with Crippen molar-refractivity contribution in [3.05, 3.63) is 42.0 Å². The Labute approximate surface area is 161 Å². The molecule has 1 aliphatic heterocycles. The van der Waals surface area contributed by atoms with Crippen LogP contribution in [0.1, 0.15) is 11.7 Å². The van der Waals surface area contributed by atoms with Gasteiger partial charge in [0.05, 0.1) is 17.5 Å². The molecule has 4 rings (SSSR count). The molecule has 0 radical (unpaired) electrons. The van der Waals surface area contributed by atoms with Crippen molar-refractivity contribution in [3.8, 4) is 17.2 Å². The molecule has 2 heterocycles. The molecule has 0 unspecified atom stereocenters. The monoisotopic (exact) mass is 384 g/mol. The molecule has 28 heavy (non-hydrogen) atoms. The summed E-state index contributed by atoms with van der Waals surface area (Å²) in [6.45, 7) is 0.588. The topological polar surface area (TPSA) is 124 Å². The van der Waals surface area contributed by atoms with Crippen molar-refractivity contribution < 1.29 is 23.7 Å². The van der Waals surface area contributed by atoms with Gasteiger partial charge in [-0.15, -0.1) is 0 Å². The molecular weight excluding hydrogens is 364 g/mol. The van der Waals surface area contributed by atoms with E-state index in [0.29, 0.717) is 28.2 Å². The van der Waals surface area contributed by atoms with E-state index in [2.05, 4.69) is 9.97 Å². The van der Waals surface area contributed by atoms with Gasteiger partial charge in [0.1, 0.15) is 24.5 Å². The van der Waals surface area contributed by atoms with Gasteiger partial charge in [-0.3, -0.25) is 0 Å². The number of aromatic nitrogens is 2. The average molecular weight is 384 g/mol. The van der Waals surface area contributed by atoms with E-state index in [-0.39, 0.29) is 32.0 Å². The second-order valence-corrected chi connectivity index (χ2v) is 6.11. The van der Waals surface area contributed by atoms with Gasteiger partial charge in [-0.05, 0) is 29.8 Å². The van der Waals surface area contributed by atoms with Crippen molar-refractivity contribution in [2.45, 2.75) is 6.10 Å². The minimum Gasteiger partial charge on any atom is -0.482 e. The Balaban J connectivity index is 1.69. The third kappa shape index (κ3) is 3.57. The van der Waals surface area contributed by atoms with Crippen LogP contribution in [-0.4, -0.2) is 37.3 Å². The summed E-state index contributed by atoms with van der Waals surface area (Å²) < 4.78 is 27.6. The van der Waals surface area contributed by atoms with Crippen LogP contribution in [0.25, 0.3) is 10.9 Å². The zero-order valence-corrected chi connectivity index (χ0v) is 15.3. The van der Waals surface area contributed by atoms with Crippen LogP contribution >= 0.6 is 0 Å². The number of hydrogen-bond acceptors (Lipinski definition) is 9. The number of fused-ring (bicyclic) bond motifs is 2. The normalized spacial score (nSPS) is 13.6. The largest absolute Gasteiger partial charge is 0.482 e. The number of nitrogens with zero attached hydrogens (tertiary/aromatic N) is 2. The second-order valence-electron chi connectivity index (χ2n) is 6.11. The van der Waals surface area contributed by atoms with Crippen LogP contribution in [0.15, 0.2) is 36.4 Å². The SMILES string of the molecule is COCOC[C@@H](Oc1cccc2nc(N)nc(N)c12)c1ccc2c(c1)OCO2. The molecule has 0 spiro atoms. The minimum absolute atomic E-state index is 0.109. The molecule has 0 fully saturated rings. The van der Waals surface area contributed by atoms with E-state index in [1.165, 1.54) is 0 Å². The summed E-state index contributed by atoms with van der Waals surface area (Å²) in [5, 5.41) is 0.592. The van der Waals surface area contributed by atoms with E-state index in [0.717, 1.165) is 5.56 Å². The molecule has 3 aromatic rings. The van der Waals surface area contributed by atoms with Crippen LogP contribution < -0.4 is 25.7 Å². The van der Waals surface area contributed by atoms with Gasteiger partial charge >= 0.3 is 0 Å². The van der Waals surface area contributed by atoms with Gasteiger partial charge in [0.15, 0.2) is 11.5 Å². The fraction of sp³-hybridized carbons (Fsp3) is 0.263. The summed E-state index contributed by atoms with van der Waals surface area (Å²) in [5.74, 6) is 2.24. The lowest BCUT2D eigenvalue weighted by Gasteiger charge is -2.21. The molecular formula is C19H20N4O5. The van der Waals surface area contributed by atoms with Crippen LogP contribution in [0.4, 0.5) is 11.8 Å². The first kappa shape index (κ1) is 18.1. The molecule has 146 valence electrons. The molecule has 0 bridgehead atoms. The van der Waals surface area contributed by atoms with Gasteiger partial charge < -0.3 is 35.2 Å². The van der Waals surface area contributed by atoms with Crippen LogP contribution in [-0.2, 0) is 9.47 Å². The Morgan fingerprint density at radius 2 is 1.96 bits per heavy atom. The predicted molar refractivity (Wildman–Crippen MR) is 102 cm³/mol. The first-order chi connectivity index (χ1) is 13.7. The molecule has 1 atom stereocenters. The summed E-state index contributed by atoms with van der Waals surface area (Å²) >= 11 is 0. The fourth-order valence-electron chi connectivity index (χ4n) is 3.00. The van der Waals surface area contributed by atoms with E-state index < -0.39 is 6.10 Å². The molecule has 0 saturated carbocycles. The lowest BCUT2D eigenvalue weighted by atomic mass is 10.1. The summed E-state index contributed by atoms with van der Waals surface area (Å²) in [6.07, 6.45) is -0.452. The van der Waals surface area contributed by atoms with Crippen LogP contribution in [0.3, 0.4) is 0 Å². The fourth-order valence-corrected chi connectivity index (χ4v) is 3.00. The zero-order chi connectivity index (χ0) is 19.5. The third-order valence-corrected chi connectivity index (χ3v) is 4.24. The number of methoxy groups -OCH3 is 1. The Morgan fingerprint density at radius 1 is 1.11 bits per heavy atom. The Hall–Kier alpha value is -3.30. The molecule has 0 saturated heterocycles. The van der Waals surface area contributed by atoms with E-state index in [1.54, 1.807) is 19.2 Å². The Kier molecular flexibility index (Phi) is 5.00. The van der Waals surface area contributed by atoms with Gasteiger partial charge in [0, 0.05) is 7.11 Å². The van der Waals surface area contributed by atoms with E-state index in [4.69, 9.17) is 35.2 Å². The van der Waals surface area contributed by atoms with Gasteiger partial charge in [0.2, 0.25) is 12.7 Å². The van der Waals surface area contributed by atoms with Crippen LogP contribution in [0.2, 0.25) is 0 Å². The highest BCUT2D eigenvalue weighted by atomic mass is 16.7. The van der Waals surface area contributed by atoms with E-state index in [1.807, 2.05) is 24.3 Å². The number of anilines is 2. The number of benzene rings is 2. The number of nitrogens with two attached hydrogens (primary N) is 2. The lowest BCUT2D eigenvalue weighted by molar-refractivity contribution is -0.0569. The van der Waals surface area contributed by atoms with Gasteiger partial charge in [-0.1, -0.05) is 12.1 Å². The molecule has 1 aliphatic rings. The molecule has 9 heteroatoms. The maximum absolute atomic E-state index is 6.26. The van der Waals surface area contributed by atoms with E-state index in [9.17, 15) is 0 Å². The Bertz CT molecular complexity index is 997. The van der Waals surface area contributed by atoms with Crippen molar-refractivity contribution in [1.82, 2.24) is 9.97 Å². The quantitative estimate of drug-likeness (QED) is 0.466. The molecule has 2 aromatic carbocycles. The summed E-state index contributed by atoms with van der Waals surface area (Å²) in [4.78, 5) is 8.26. The maximum Gasteiger partial charge on any atom is 0.231 e. The second kappa shape index (κ2) is 7.75. The third-order valence-electron chi connectivity index (χ3n) is 4.24. The van der Waals surface area contributed by atoms with Gasteiger partial charge in [-0.25, -0.2) is 4.98 Å². The summed E-state index contributed by atoms with van der Waals surface area (Å²) in [6, 6.07) is 11.0. The highest BCUT2D eigenvalue weighted by Crippen LogP contribution is 2.37. The number of nitrogen functional groups attached to an aromatic ring is 2. The molecule has 0 amide bonds. The Morgan fingerprint density at radius 3 is 2.82 bits per heavy atom. The number of rotatable bonds is 7. The summed E-state index contributed by atoms with van der Waals surface area (Å²) in [7, 11) is 1.56. The summed E-state index contributed by atoms with van der Waals surface area (Å²) in [5.41, 5.74) is 13.2. The zero-order valence-electron chi connectivity index (χ0n) is 15.3. The maximum atomic E-state index is 6.26. The minimum atomic E-state index is -0.452. The molecule has 1 aromatic heterocycles. The van der Waals surface area contributed by atoms with Crippen molar-refractivity contribution in [1.29, 1.82) is 0 Å². The first-order valence-corrected chi connectivity index (χ1v) is 8.60. The average Bonchev–Trinajstić information content (AvgIpc) is 3.14. The lowest BCUT2D eigenvalue weighted by Crippen LogP contribution is -2.16. The van der Waals surface area contributed by atoms with E-state index >= 15 is 0 Å². The predicted octanol–water partition coefficient (Wildman–Crippen LogP) is 2.26. The molecule has 9 nitrogen and oxygen atoms in total. The first-order valence-electron chi connectivity index (χ1n) is 8.60. The van der Waals surface area contributed by atoms with Crippen molar-refractivity contribution in [2.24, 2.45) is 0 Å². The van der Waals surface area contributed by atoms with Gasteiger partial charge in [-0.2, -0.15) is 4.98 Å². The smallest absolute Gasteiger partial charge is 0.231 e. The highest BCUT2D eigenvalue weighted by Gasteiger charge is 2.21. The highest BCUT2D eigenvalue weighted by molar-refractivity contribution is 5.94. The van der Waals surface area contributed by atoms with Crippen molar-refractivity contribution in [2.75, 3.05) is 38.8 Å². The number of ether oxygens (including phenoxy) is 5. The van der Waals surface area contributed by atoms with Gasteiger partial charge in [0.25, 0.3) is 0 Å². The van der Waals surface area contributed by atoms with Crippen molar-refractivity contribution >= 4 is 22.7 Å². The standard InChI is InChI=1S/C19H20N4O5/c1-24-9-25-8-16(11-5-6-13-15(7-11)27-10-26-13)28-14-4-2-3-12-17(14)18(20)23-19(21)22-12/h2-7,16H,8-10H2,1H3,(H4,20,21,22,23)/t16-/m1/s1. The molecule has 4 N–H and O–H groups in total. The number of hydrogen-bond donors (Lipinski definition) is 2. The van der Waals surface area contributed by atoms with Crippen molar-refractivity contribution in [3.63, 3.8) is 0 Å². The van der Waals surface area contributed by atoms with Crippen LogP contribution in [0, 0.1) is 0 Å².